The Hall–Kier alpha value is -1.74. The first kappa shape index (κ1) is 15.6. The SMILES string of the molecule is CCCNC(Cc1ccccc1)Cc1ccc(F)cc1F. The lowest BCUT2D eigenvalue weighted by Gasteiger charge is -2.19. The molecule has 0 radical (unpaired) electrons. The highest BCUT2D eigenvalue weighted by molar-refractivity contribution is 5.21. The largest absolute Gasteiger partial charge is 0.313 e. The van der Waals surface area contributed by atoms with Gasteiger partial charge in [0.1, 0.15) is 11.6 Å². The molecule has 0 spiro atoms. The Morgan fingerprint density at radius 2 is 1.76 bits per heavy atom. The van der Waals surface area contributed by atoms with E-state index < -0.39 is 11.6 Å². The quantitative estimate of drug-likeness (QED) is 0.808. The summed E-state index contributed by atoms with van der Waals surface area (Å²) in [5, 5.41) is 3.45. The first-order valence-corrected chi connectivity index (χ1v) is 7.40. The molecule has 0 aliphatic carbocycles. The predicted octanol–water partition coefficient (Wildman–Crippen LogP) is 4.12. The highest BCUT2D eigenvalue weighted by Crippen LogP contribution is 2.14. The molecule has 0 aromatic heterocycles. The summed E-state index contributed by atoms with van der Waals surface area (Å²) in [6.07, 6.45) is 2.41. The van der Waals surface area contributed by atoms with Gasteiger partial charge in [-0.3, -0.25) is 0 Å². The highest BCUT2D eigenvalue weighted by Gasteiger charge is 2.13. The summed E-state index contributed by atoms with van der Waals surface area (Å²) in [7, 11) is 0. The molecule has 1 N–H and O–H groups in total. The van der Waals surface area contributed by atoms with Crippen LogP contribution < -0.4 is 5.32 Å². The minimum Gasteiger partial charge on any atom is -0.313 e. The van der Waals surface area contributed by atoms with Gasteiger partial charge in [-0.1, -0.05) is 43.3 Å². The van der Waals surface area contributed by atoms with Crippen molar-refractivity contribution in [3.05, 3.63) is 71.3 Å². The Morgan fingerprint density at radius 3 is 2.43 bits per heavy atom. The lowest BCUT2D eigenvalue weighted by atomic mass is 9.98. The number of halogens is 2. The maximum Gasteiger partial charge on any atom is 0.129 e. The van der Waals surface area contributed by atoms with Crippen molar-refractivity contribution in [3.8, 4) is 0 Å². The Morgan fingerprint density at radius 1 is 1.00 bits per heavy atom. The van der Waals surface area contributed by atoms with Crippen LogP contribution in [0.3, 0.4) is 0 Å². The fourth-order valence-electron chi connectivity index (χ4n) is 2.42. The monoisotopic (exact) mass is 289 g/mol. The van der Waals surface area contributed by atoms with Gasteiger partial charge in [-0.05, 0) is 43.0 Å². The van der Waals surface area contributed by atoms with E-state index in [1.165, 1.54) is 17.7 Å². The number of hydrogen-bond acceptors (Lipinski definition) is 1. The summed E-state index contributed by atoms with van der Waals surface area (Å²) < 4.78 is 26.8. The second-order valence-electron chi connectivity index (χ2n) is 5.28. The summed E-state index contributed by atoms with van der Waals surface area (Å²) >= 11 is 0. The van der Waals surface area contributed by atoms with Crippen LogP contribution in [0.5, 0.6) is 0 Å². The van der Waals surface area contributed by atoms with Crippen molar-refractivity contribution in [1.29, 1.82) is 0 Å². The summed E-state index contributed by atoms with van der Waals surface area (Å²) in [6, 6.07) is 14.1. The Balaban J connectivity index is 2.08. The normalized spacial score (nSPS) is 12.3. The van der Waals surface area contributed by atoms with Crippen molar-refractivity contribution >= 4 is 0 Å². The maximum atomic E-state index is 13.8. The van der Waals surface area contributed by atoms with E-state index in [9.17, 15) is 8.78 Å². The molecule has 1 nitrogen and oxygen atoms in total. The molecule has 0 saturated carbocycles. The standard InChI is InChI=1S/C18H21F2N/c1-2-10-21-17(11-14-6-4-3-5-7-14)12-15-8-9-16(19)13-18(15)20/h3-9,13,17,21H,2,10-12H2,1H3. The predicted molar refractivity (Wildman–Crippen MR) is 82.3 cm³/mol. The molecule has 21 heavy (non-hydrogen) atoms. The third kappa shape index (κ3) is 4.94. The molecule has 0 amide bonds. The van der Waals surface area contributed by atoms with E-state index in [-0.39, 0.29) is 6.04 Å². The second kappa shape index (κ2) is 7.89. The molecule has 1 atom stereocenters. The van der Waals surface area contributed by atoms with Gasteiger partial charge in [-0.15, -0.1) is 0 Å². The molecule has 0 aliphatic rings. The molecule has 2 rings (SSSR count). The van der Waals surface area contributed by atoms with Gasteiger partial charge < -0.3 is 5.32 Å². The van der Waals surface area contributed by atoms with E-state index in [1.807, 2.05) is 18.2 Å². The minimum atomic E-state index is -0.530. The fourth-order valence-corrected chi connectivity index (χ4v) is 2.42. The third-order valence-electron chi connectivity index (χ3n) is 3.49. The van der Waals surface area contributed by atoms with Gasteiger partial charge in [0, 0.05) is 12.1 Å². The first-order chi connectivity index (χ1) is 10.2. The first-order valence-electron chi connectivity index (χ1n) is 7.40. The van der Waals surface area contributed by atoms with Crippen LogP contribution in [0.1, 0.15) is 24.5 Å². The number of nitrogens with one attached hydrogen (secondary N) is 1. The highest BCUT2D eigenvalue weighted by atomic mass is 19.1. The molecular formula is C18H21F2N. The zero-order valence-electron chi connectivity index (χ0n) is 12.3. The average Bonchev–Trinajstić information content (AvgIpc) is 2.48. The molecule has 0 fully saturated rings. The molecule has 2 aromatic rings. The minimum absolute atomic E-state index is 0.146. The summed E-state index contributed by atoms with van der Waals surface area (Å²) in [6.45, 7) is 2.99. The second-order valence-corrected chi connectivity index (χ2v) is 5.28. The van der Waals surface area contributed by atoms with E-state index in [4.69, 9.17) is 0 Å². The lowest BCUT2D eigenvalue weighted by Crippen LogP contribution is -2.34. The zero-order valence-corrected chi connectivity index (χ0v) is 12.3. The molecule has 0 aliphatic heterocycles. The van der Waals surface area contributed by atoms with Gasteiger partial charge in [-0.25, -0.2) is 8.78 Å². The Bertz CT molecular complexity index is 554. The van der Waals surface area contributed by atoms with Crippen LogP contribution >= 0.6 is 0 Å². The summed E-state index contributed by atoms with van der Waals surface area (Å²) in [5.41, 5.74) is 1.77. The molecule has 3 heteroatoms. The van der Waals surface area contributed by atoms with Crippen molar-refractivity contribution in [1.82, 2.24) is 5.32 Å². The van der Waals surface area contributed by atoms with Gasteiger partial charge in [0.15, 0.2) is 0 Å². The molecule has 112 valence electrons. The Labute approximate surface area is 125 Å². The summed E-state index contributed by atoms with van der Waals surface area (Å²) in [5.74, 6) is -0.997. The molecule has 1 unspecified atom stereocenters. The maximum absolute atomic E-state index is 13.8. The molecule has 0 saturated heterocycles. The third-order valence-corrected chi connectivity index (χ3v) is 3.49. The van der Waals surface area contributed by atoms with Gasteiger partial charge in [0.05, 0.1) is 0 Å². The summed E-state index contributed by atoms with van der Waals surface area (Å²) in [4.78, 5) is 0. The van der Waals surface area contributed by atoms with E-state index in [0.717, 1.165) is 25.5 Å². The zero-order chi connectivity index (χ0) is 15.1. The topological polar surface area (TPSA) is 12.0 Å². The van der Waals surface area contributed by atoms with Gasteiger partial charge in [-0.2, -0.15) is 0 Å². The van der Waals surface area contributed by atoms with E-state index in [2.05, 4.69) is 24.4 Å². The smallest absolute Gasteiger partial charge is 0.129 e. The van der Waals surface area contributed by atoms with Crippen molar-refractivity contribution in [2.75, 3.05) is 6.54 Å². The van der Waals surface area contributed by atoms with E-state index >= 15 is 0 Å². The van der Waals surface area contributed by atoms with E-state index in [0.29, 0.717) is 12.0 Å². The van der Waals surface area contributed by atoms with Crippen LogP contribution in [0, 0.1) is 11.6 Å². The molecular weight excluding hydrogens is 268 g/mol. The molecule has 2 aromatic carbocycles. The van der Waals surface area contributed by atoms with Crippen molar-refractivity contribution in [2.45, 2.75) is 32.2 Å². The van der Waals surface area contributed by atoms with Crippen LogP contribution in [0.25, 0.3) is 0 Å². The van der Waals surface area contributed by atoms with E-state index in [1.54, 1.807) is 0 Å². The van der Waals surface area contributed by atoms with Crippen molar-refractivity contribution in [2.24, 2.45) is 0 Å². The lowest BCUT2D eigenvalue weighted by molar-refractivity contribution is 0.489. The van der Waals surface area contributed by atoms with Crippen LogP contribution in [0.4, 0.5) is 8.78 Å². The molecule has 0 bridgehead atoms. The number of hydrogen-bond donors (Lipinski definition) is 1. The van der Waals surface area contributed by atoms with Crippen molar-refractivity contribution < 1.29 is 8.78 Å². The number of rotatable bonds is 7. The fraction of sp³-hybridized carbons (Fsp3) is 0.333. The van der Waals surface area contributed by atoms with Gasteiger partial charge in [0.2, 0.25) is 0 Å². The van der Waals surface area contributed by atoms with Gasteiger partial charge in [0.25, 0.3) is 0 Å². The van der Waals surface area contributed by atoms with Crippen molar-refractivity contribution in [3.63, 3.8) is 0 Å². The van der Waals surface area contributed by atoms with Crippen LogP contribution in [-0.2, 0) is 12.8 Å². The Kier molecular flexibility index (Phi) is 5.88. The molecule has 0 heterocycles. The number of benzene rings is 2. The average molecular weight is 289 g/mol. The van der Waals surface area contributed by atoms with Gasteiger partial charge >= 0.3 is 0 Å². The van der Waals surface area contributed by atoms with Crippen LogP contribution in [0.2, 0.25) is 0 Å². The van der Waals surface area contributed by atoms with Crippen LogP contribution in [-0.4, -0.2) is 12.6 Å². The van der Waals surface area contributed by atoms with Crippen LogP contribution in [0.15, 0.2) is 48.5 Å².